The second kappa shape index (κ2) is 3.80. The van der Waals surface area contributed by atoms with Gasteiger partial charge in [0, 0.05) is 11.4 Å². The van der Waals surface area contributed by atoms with E-state index in [9.17, 15) is 0 Å². The van der Waals surface area contributed by atoms with Crippen molar-refractivity contribution in [1.29, 1.82) is 0 Å². The van der Waals surface area contributed by atoms with Crippen LogP contribution in [0.4, 0.5) is 0 Å². The molecule has 0 aliphatic rings. The topological polar surface area (TPSA) is 54.7 Å². The molecule has 0 bridgehead atoms. The molecule has 3 heteroatoms. The Bertz CT molecular complexity index is 417. The van der Waals surface area contributed by atoms with Crippen LogP contribution in [-0.2, 0) is 6.42 Å². The van der Waals surface area contributed by atoms with Gasteiger partial charge in [0.1, 0.15) is 0 Å². The van der Waals surface area contributed by atoms with Gasteiger partial charge >= 0.3 is 0 Å². The fraction of sp³-hybridized carbons (Fsp3) is 0.364. The van der Waals surface area contributed by atoms with Crippen LogP contribution >= 0.6 is 0 Å². The van der Waals surface area contributed by atoms with Crippen LogP contribution in [0.25, 0.3) is 10.9 Å². The number of aromatic nitrogens is 2. The molecule has 14 heavy (non-hydrogen) atoms. The summed E-state index contributed by atoms with van der Waals surface area (Å²) in [6.45, 7) is 2.03. The fourth-order valence-electron chi connectivity index (χ4n) is 1.62. The maximum Gasteiger partial charge on any atom is 0.0682 e. The Kier molecular flexibility index (Phi) is 2.50. The number of fused-ring (bicyclic) bond motifs is 1. The highest BCUT2D eigenvalue weighted by Gasteiger charge is 2.03. The average Bonchev–Trinajstić information content (AvgIpc) is 2.62. The van der Waals surface area contributed by atoms with Crippen LogP contribution in [0.2, 0.25) is 0 Å². The lowest BCUT2D eigenvalue weighted by molar-refractivity contribution is 0.667. The zero-order chi connectivity index (χ0) is 9.97. The zero-order valence-corrected chi connectivity index (χ0v) is 8.33. The molecule has 0 spiro atoms. The van der Waals surface area contributed by atoms with E-state index in [4.69, 9.17) is 5.73 Å². The Morgan fingerprint density at radius 3 is 3.14 bits per heavy atom. The second-order valence-electron chi connectivity index (χ2n) is 3.77. The van der Waals surface area contributed by atoms with E-state index in [1.165, 1.54) is 10.9 Å². The largest absolute Gasteiger partial charge is 0.328 e. The normalized spacial score (nSPS) is 13.3. The van der Waals surface area contributed by atoms with E-state index in [1.807, 2.05) is 13.1 Å². The van der Waals surface area contributed by atoms with Crippen molar-refractivity contribution in [2.24, 2.45) is 5.73 Å². The molecule has 1 heterocycles. The number of aromatic amines is 1. The molecule has 3 nitrogen and oxygen atoms in total. The standard InChI is InChI=1S/C11H15N3/c1-8(12)5-6-9-3-2-4-10-7-13-14-11(9)10/h2-4,7-8H,5-6,12H2,1H3,(H,13,14)/t8-/m0/s1. The van der Waals surface area contributed by atoms with Crippen LogP contribution in [0.5, 0.6) is 0 Å². The molecule has 0 amide bonds. The third-order valence-corrected chi connectivity index (χ3v) is 2.43. The summed E-state index contributed by atoms with van der Waals surface area (Å²) < 4.78 is 0. The Morgan fingerprint density at radius 1 is 1.50 bits per heavy atom. The molecular weight excluding hydrogens is 174 g/mol. The van der Waals surface area contributed by atoms with Crippen LogP contribution in [0.1, 0.15) is 18.9 Å². The molecular formula is C11H15N3. The Hall–Kier alpha value is -1.35. The van der Waals surface area contributed by atoms with Gasteiger partial charge in [-0.25, -0.2) is 0 Å². The number of nitrogens with zero attached hydrogens (tertiary/aromatic N) is 1. The number of benzene rings is 1. The second-order valence-corrected chi connectivity index (χ2v) is 3.77. The third-order valence-electron chi connectivity index (χ3n) is 2.43. The molecule has 0 aliphatic heterocycles. The van der Waals surface area contributed by atoms with Gasteiger partial charge in [-0.2, -0.15) is 5.10 Å². The summed E-state index contributed by atoms with van der Waals surface area (Å²) in [5.41, 5.74) is 8.18. The Morgan fingerprint density at radius 2 is 2.36 bits per heavy atom. The molecule has 0 radical (unpaired) electrons. The molecule has 2 aromatic rings. The van der Waals surface area contributed by atoms with Gasteiger partial charge in [-0.1, -0.05) is 18.2 Å². The Labute approximate surface area is 83.3 Å². The number of hydrogen-bond acceptors (Lipinski definition) is 2. The maximum atomic E-state index is 5.73. The number of rotatable bonds is 3. The third kappa shape index (κ3) is 1.77. The van der Waals surface area contributed by atoms with Gasteiger partial charge in [-0.15, -0.1) is 0 Å². The highest BCUT2D eigenvalue weighted by Crippen LogP contribution is 2.17. The van der Waals surface area contributed by atoms with Gasteiger partial charge in [0.15, 0.2) is 0 Å². The summed E-state index contributed by atoms with van der Waals surface area (Å²) in [5.74, 6) is 0. The lowest BCUT2D eigenvalue weighted by Crippen LogP contribution is -2.15. The molecule has 1 aromatic heterocycles. The van der Waals surface area contributed by atoms with Crippen LogP contribution in [0.3, 0.4) is 0 Å². The van der Waals surface area contributed by atoms with Crippen molar-refractivity contribution in [3.05, 3.63) is 30.0 Å². The van der Waals surface area contributed by atoms with E-state index in [-0.39, 0.29) is 6.04 Å². The van der Waals surface area contributed by atoms with Gasteiger partial charge in [-0.05, 0) is 25.3 Å². The molecule has 0 unspecified atom stereocenters. The number of nitrogens with one attached hydrogen (secondary N) is 1. The van der Waals surface area contributed by atoms with E-state index >= 15 is 0 Å². The molecule has 0 aliphatic carbocycles. The number of H-pyrrole nitrogens is 1. The quantitative estimate of drug-likeness (QED) is 0.774. The first kappa shape index (κ1) is 9.21. The average molecular weight is 189 g/mol. The molecule has 1 aromatic carbocycles. The number of hydrogen-bond donors (Lipinski definition) is 2. The lowest BCUT2D eigenvalue weighted by atomic mass is 10.0. The van der Waals surface area contributed by atoms with Crippen molar-refractivity contribution >= 4 is 10.9 Å². The number of nitrogens with two attached hydrogens (primary N) is 1. The summed E-state index contributed by atoms with van der Waals surface area (Å²) >= 11 is 0. The molecule has 74 valence electrons. The highest BCUT2D eigenvalue weighted by atomic mass is 15.1. The fourth-order valence-corrected chi connectivity index (χ4v) is 1.62. The monoisotopic (exact) mass is 189 g/mol. The lowest BCUT2D eigenvalue weighted by Gasteiger charge is -2.05. The van der Waals surface area contributed by atoms with E-state index in [0.717, 1.165) is 18.4 Å². The van der Waals surface area contributed by atoms with Crippen molar-refractivity contribution < 1.29 is 0 Å². The van der Waals surface area contributed by atoms with Gasteiger partial charge in [0.25, 0.3) is 0 Å². The minimum atomic E-state index is 0.258. The molecule has 3 N–H and O–H groups in total. The van der Waals surface area contributed by atoms with Crippen molar-refractivity contribution in [2.75, 3.05) is 0 Å². The minimum Gasteiger partial charge on any atom is -0.328 e. The highest BCUT2D eigenvalue weighted by molar-refractivity contribution is 5.81. The number of para-hydroxylation sites is 1. The predicted octanol–water partition coefficient (Wildman–Crippen LogP) is 1.84. The van der Waals surface area contributed by atoms with Gasteiger partial charge in [0.2, 0.25) is 0 Å². The molecule has 0 fully saturated rings. The summed E-state index contributed by atoms with van der Waals surface area (Å²) in [6, 6.07) is 6.51. The maximum absolute atomic E-state index is 5.73. The first-order chi connectivity index (χ1) is 6.77. The summed E-state index contributed by atoms with van der Waals surface area (Å²) in [6.07, 6.45) is 3.88. The van der Waals surface area contributed by atoms with Crippen molar-refractivity contribution in [3.63, 3.8) is 0 Å². The van der Waals surface area contributed by atoms with Gasteiger partial charge in [0.05, 0.1) is 11.7 Å². The predicted molar refractivity (Wildman–Crippen MR) is 58.1 cm³/mol. The molecule has 2 rings (SSSR count). The number of aryl methyl sites for hydroxylation is 1. The zero-order valence-electron chi connectivity index (χ0n) is 8.33. The molecule has 1 atom stereocenters. The van der Waals surface area contributed by atoms with E-state index in [1.54, 1.807) is 0 Å². The SMILES string of the molecule is C[C@H](N)CCc1cccc2cn[nH]c12. The van der Waals surface area contributed by atoms with Crippen LogP contribution in [0, 0.1) is 0 Å². The first-order valence-electron chi connectivity index (χ1n) is 4.94. The smallest absolute Gasteiger partial charge is 0.0682 e. The van der Waals surface area contributed by atoms with E-state index < -0.39 is 0 Å². The van der Waals surface area contributed by atoms with Crippen molar-refractivity contribution in [1.82, 2.24) is 10.2 Å². The Balaban J connectivity index is 2.27. The van der Waals surface area contributed by atoms with Crippen molar-refractivity contribution in [3.8, 4) is 0 Å². The van der Waals surface area contributed by atoms with Crippen LogP contribution < -0.4 is 5.73 Å². The summed E-state index contributed by atoms with van der Waals surface area (Å²) in [4.78, 5) is 0. The molecule has 0 saturated heterocycles. The summed E-state index contributed by atoms with van der Waals surface area (Å²) in [7, 11) is 0. The summed E-state index contributed by atoms with van der Waals surface area (Å²) in [5, 5.41) is 8.23. The minimum absolute atomic E-state index is 0.258. The molecule has 0 saturated carbocycles. The van der Waals surface area contributed by atoms with E-state index in [0.29, 0.717) is 0 Å². The van der Waals surface area contributed by atoms with Crippen molar-refractivity contribution in [2.45, 2.75) is 25.8 Å². The van der Waals surface area contributed by atoms with Gasteiger partial charge < -0.3 is 5.73 Å². The van der Waals surface area contributed by atoms with Crippen LogP contribution in [-0.4, -0.2) is 16.2 Å². The van der Waals surface area contributed by atoms with E-state index in [2.05, 4.69) is 28.4 Å². The van der Waals surface area contributed by atoms with Gasteiger partial charge in [-0.3, -0.25) is 5.10 Å². The first-order valence-corrected chi connectivity index (χ1v) is 4.94. The van der Waals surface area contributed by atoms with Crippen LogP contribution in [0.15, 0.2) is 24.4 Å².